The largest absolute Gasteiger partial charge is 0.465 e. The van der Waals surface area contributed by atoms with E-state index < -0.39 is 12.0 Å². The number of fused-ring (bicyclic) bond motifs is 4. The van der Waals surface area contributed by atoms with Crippen molar-refractivity contribution in [2.24, 2.45) is 22.6 Å². The Bertz CT molecular complexity index is 2010. The number of anilines is 1. The van der Waals surface area contributed by atoms with Gasteiger partial charge in [-0.15, -0.1) is 21.5 Å². The molecule has 2 fully saturated rings. The second kappa shape index (κ2) is 12.8. The minimum absolute atomic E-state index is 0.0623. The summed E-state index contributed by atoms with van der Waals surface area (Å²) < 4.78 is 7.03. The van der Waals surface area contributed by atoms with Gasteiger partial charge in [0.05, 0.1) is 31.4 Å². The lowest BCUT2D eigenvalue weighted by Crippen LogP contribution is -2.34. The topological polar surface area (TPSA) is 119 Å². The minimum atomic E-state index is -0.498. The van der Waals surface area contributed by atoms with Crippen molar-refractivity contribution in [1.29, 1.82) is 0 Å². The number of carbonyl (C=O) groups excluding carboxylic acids is 2. The van der Waals surface area contributed by atoms with Gasteiger partial charge >= 0.3 is 5.97 Å². The van der Waals surface area contributed by atoms with Crippen LogP contribution in [0.1, 0.15) is 61.6 Å². The Hall–Kier alpha value is -4.50. The minimum Gasteiger partial charge on any atom is -0.465 e. The molecule has 2 N–H and O–H groups in total. The van der Waals surface area contributed by atoms with Crippen molar-refractivity contribution in [3.8, 4) is 16.8 Å². The van der Waals surface area contributed by atoms with E-state index in [1.54, 1.807) is 17.4 Å². The van der Waals surface area contributed by atoms with Crippen LogP contribution in [0.15, 0.2) is 47.5 Å². The molecule has 5 heterocycles. The molecule has 10 nitrogen and oxygen atoms in total. The molecular weight excluding hydrogens is 646 g/mol. The van der Waals surface area contributed by atoms with Gasteiger partial charge in [0.25, 0.3) is 0 Å². The Balaban J connectivity index is 1.12. The fourth-order valence-electron chi connectivity index (χ4n) is 7.10. The summed E-state index contributed by atoms with van der Waals surface area (Å²) in [6.07, 6.45) is 0.198. The first kappa shape index (κ1) is 32.1. The van der Waals surface area contributed by atoms with Crippen LogP contribution in [0.2, 0.25) is 5.02 Å². The van der Waals surface area contributed by atoms with Crippen LogP contribution in [0, 0.1) is 44.4 Å². The lowest BCUT2D eigenvalue weighted by atomic mass is 9.99. The van der Waals surface area contributed by atoms with E-state index in [0.29, 0.717) is 46.9 Å². The van der Waals surface area contributed by atoms with Gasteiger partial charge in [0.15, 0.2) is 5.82 Å². The van der Waals surface area contributed by atoms with Crippen LogP contribution in [0.3, 0.4) is 0 Å². The monoisotopic (exact) mass is 681 g/mol. The van der Waals surface area contributed by atoms with Gasteiger partial charge < -0.3 is 20.3 Å². The Morgan fingerprint density at radius 2 is 1.77 bits per heavy atom. The van der Waals surface area contributed by atoms with Gasteiger partial charge in [-0.2, -0.15) is 0 Å². The fourth-order valence-corrected chi connectivity index (χ4v) is 8.44. The number of rotatable bonds is 5. The molecule has 0 aliphatic carbocycles. The maximum Gasteiger partial charge on any atom is 0.339 e. The number of amides is 1. The lowest BCUT2D eigenvalue weighted by Gasteiger charge is -2.24. The molecule has 48 heavy (non-hydrogen) atoms. The molecule has 0 radical (unpaired) electrons. The van der Waals surface area contributed by atoms with Gasteiger partial charge in [-0.25, -0.2) is 4.79 Å². The molecule has 0 spiro atoms. The van der Waals surface area contributed by atoms with Crippen LogP contribution in [0.5, 0.6) is 0 Å². The number of nitrogens with zero attached hydrogens (tertiary/aromatic N) is 6. The second-order valence-corrected chi connectivity index (χ2v) is 14.2. The summed E-state index contributed by atoms with van der Waals surface area (Å²) in [6.45, 7) is 9.36. The summed E-state index contributed by atoms with van der Waals surface area (Å²) in [5.41, 5.74) is 11.6. The number of aliphatic imine (C=N–C) groups is 1. The lowest BCUT2D eigenvalue weighted by molar-refractivity contribution is -0.130. The van der Waals surface area contributed by atoms with Crippen molar-refractivity contribution in [2.75, 3.05) is 44.7 Å². The van der Waals surface area contributed by atoms with Crippen LogP contribution in [-0.2, 0) is 9.53 Å². The quantitative estimate of drug-likeness (QED) is 0.236. The SMILES string of the molecule is COC(=O)c1ccc(N2CC3CN(C(=O)C[C@@H]4N=C(c5ccc(Cl)cc5)c5c(sc(C)c5C)-n5c(C)nnc54)CC3C2)cc1C#CCN. The summed E-state index contributed by atoms with van der Waals surface area (Å²) >= 11 is 7.95. The average molecular weight is 682 g/mol. The molecule has 2 unspecified atom stereocenters. The van der Waals surface area contributed by atoms with Gasteiger partial charge in [0.1, 0.15) is 16.9 Å². The number of benzene rings is 2. The first-order chi connectivity index (χ1) is 23.2. The van der Waals surface area contributed by atoms with E-state index in [0.717, 1.165) is 52.0 Å². The number of carbonyl (C=O) groups is 2. The Labute approximate surface area is 288 Å². The Kier molecular flexibility index (Phi) is 8.58. The number of thiophene rings is 1. The Morgan fingerprint density at radius 1 is 1.04 bits per heavy atom. The molecule has 3 aliphatic rings. The molecule has 3 atom stereocenters. The van der Waals surface area contributed by atoms with Crippen LogP contribution >= 0.6 is 22.9 Å². The van der Waals surface area contributed by atoms with Gasteiger partial charge in [0.2, 0.25) is 5.91 Å². The van der Waals surface area contributed by atoms with Crippen LogP contribution in [0.25, 0.3) is 5.00 Å². The highest BCUT2D eigenvalue weighted by Gasteiger charge is 2.43. The van der Waals surface area contributed by atoms with Crippen molar-refractivity contribution in [3.63, 3.8) is 0 Å². The van der Waals surface area contributed by atoms with Gasteiger partial charge in [-0.05, 0) is 56.7 Å². The van der Waals surface area contributed by atoms with Crippen LogP contribution < -0.4 is 10.6 Å². The van der Waals surface area contributed by atoms with Crippen molar-refractivity contribution in [3.05, 3.63) is 91.8 Å². The summed E-state index contributed by atoms with van der Waals surface area (Å²) in [5.74, 6) is 7.62. The van der Waals surface area contributed by atoms with Crippen LogP contribution in [-0.4, -0.2) is 77.1 Å². The van der Waals surface area contributed by atoms with E-state index in [9.17, 15) is 9.59 Å². The van der Waals surface area contributed by atoms with E-state index in [1.807, 2.05) is 48.2 Å². The van der Waals surface area contributed by atoms with Crippen LogP contribution in [0.4, 0.5) is 5.69 Å². The first-order valence-corrected chi connectivity index (χ1v) is 17.2. The molecule has 2 aromatic heterocycles. The predicted molar refractivity (Wildman–Crippen MR) is 187 cm³/mol. The zero-order chi connectivity index (χ0) is 33.7. The number of aromatic nitrogens is 3. The standard InChI is InChI=1S/C36H36ClN7O3S/c1-20-21(2)48-35-32(20)33(23-7-9-27(37)10-8-23)39-30(34-41-40-22(3)44(34)35)15-31(45)43-18-25-16-42(17-26(25)19-43)28-11-12-29(36(46)47-4)24(14-28)6-5-13-38/h7-12,14,25-26,30H,13,15-19,38H2,1-4H3/t25?,26?,30-/m0/s1. The van der Waals surface area contributed by atoms with E-state index in [2.05, 4.69) is 45.4 Å². The molecule has 2 aromatic carbocycles. The molecule has 246 valence electrons. The third-order valence-electron chi connectivity index (χ3n) is 9.66. The molecule has 0 saturated carbocycles. The van der Waals surface area contributed by atoms with Crippen molar-refractivity contribution in [2.45, 2.75) is 33.2 Å². The summed E-state index contributed by atoms with van der Waals surface area (Å²) in [4.78, 5) is 37.1. The van der Waals surface area contributed by atoms with Crippen molar-refractivity contribution < 1.29 is 14.3 Å². The summed E-state index contributed by atoms with van der Waals surface area (Å²) in [5, 5.41) is 10.7. The van der Waals surface area contributed by atoms with E-state index in [-0.39, 0.29) is 18.9 Å². The summed E-state index contributed by atoms with van der Waals surface area (Å²) in [7, 11) is 1.36. The number of aryl methyl sites for hydroxylation is 2. The second-order valence-electron chi connectivity index (χ2n) is 12.6. The molecule has 1 amide bonds. The highest BCUT2D eigenvalue weighted by Crippen LogP contribution is 2.41. The average Bonchev–Trinajstić information content (AvgIpc) is 3.82. The fraction of sp³-hybridized carbons (Fsp3) is 0.361. The molecule has 2 saturated heterocycles. The molecule has 12 heteroatoms. The number of likely N-dealkylation sites (tertiary alicyclic amines) is 1. The normalized spacial score (nSPS) is 19.5. The first-order valence-electron chi connectivity index (χ1n) is 16.0. The third-order valence-corrected chi connectivity index (χ3v) is 11.1. The Morgan fingerprint density at radius 3 is 2.46 bits per heavy atom. The number of halogens is 1. The third kappa shape index (κ3) is 5.68. The number of esters is 1. The maximum atomic E-state index is 14.0. The highest BCUT2D eigenvalue weighted by molar-refractivity contribution is 7.15. The van der Waals surface area contributed by atoms with Gasteiger partial charge in [0, 0.05) is 70.3 Å². The number of methoxy groups -OCH3 is 1. The predicted octanol–water partition coefficient (Wildman–Crippen LogP) is 4.88. The number of hydrogen-bond donors (Lipinski definition) is 1. The van der Waals surface area contributed by atoms with E-state index in [4.69, 9.17) is 27.1 Å². The molecule has 7 rings (SSSR count). The zero-order valence-corrected chi connectivity index (χ0v) is 28.9. The van der Waals surface area contributed by atoms with Gasteiger partial charge in [-0.1, -0.05) is 35.6 Å². The number of hydrogen-bond acceptors (Lipinski definition) is 9. The molecule has 4 aromatic rings. The number of nitrogens with two attached hydrogens (primary N) is 1. The van der Waals surface area contributed by atoms with Crippen molar-refractivity contribution >= 4 is 46.2 Å². The van der Waals surface area contributed by atoms with Gasteiger partial charge in [-0.3, -0.25) is 14.4 Å². The zero-order valence-electron chi connectivity index (χ0n) is 27.3. The number of ether oxygens (including phenoxy) is 1. The maximum absolute atomic E-state index is 14.0. The molecular formula is C36H36ClN7O3S. The van der Waals surface area contributed by atoms with E-state index in [1.165, 1.54) is 12.0 Å². The van der Waals surface area contributed by atoms with Crippen molar-refractivity contribution in [1.82, 2.24) is 19.7 Å². The summed E-state index contributed by atoms with van der Waals surface area (Å²) in [6, 6.07) is 12.9. The molecule has 3 aliphatic heterocycles. The smallest absolute Gasteiger partial charge is 0.339 e. The highest BCUT2D eigenvalue weighted by atomic mass is 35.5. The van der Waals surface area contributed by atoms with E-state index >= 15 is 0 Å². The molecule has 0 bridgehead atoms.